The topological polar surface area (TPSA) is 50.2 Å². The third-order valence-electron chi connectivity index (χ3n) is 4.68. The second kappa shape index (κ2) is 9.70. The minimum Gasteiger partial charge on any atom is -0.352 e. The summed E-state index contributed by atoms with van der Waals surface area (Å²) in [5.41, 5.74) is 5.84. The number of nitrogens with one attached hydrogen (secondary N) is 1. The molecule has 5 nitrogen and oxygen atoms in total. The fourth-order valence-electron chi connectivity index (χ4n) is 3.27. The molecule has 0 fully saturated rings. The van der Waals surface area contributed by atoms with Crippen molar-refractivity contribution in [2.45, 2.75) is 60.2 Å². The van der Waals surface area contributed by atoms with E-state index in [0.29, 0.717) is 18.9 Å². The van der Waals surface area contributed by atoms with E-state index in [4.69, 9.17) is 0 Å². The van der Waals surface area contributed by atoms with Crippen LogP contribution in [0.15, 0.2) is 24.3 Å². The standard InChI is InChI=1S/C22H34N4O/c1-16(2)14-26-18(4)21(17(3)24-26)11-12-22(27)23-13-19-7-9-20(10-8-19)15-25(5)6/h7-10,16H,11-15H2,1-6H3,(H,23,27). The SMILES string of the molecule is Cc1nn(CC(C)C)c(C)c1CCC(=O)NCc1ccc(CN(C)C)cc1. The average Bonchev–Trinajstić information content (AvgIpc) is 2.84. The van der Waals surface area contributed by atoms with Crippen molar-refractivity contribution < 1.29 is 4.79 Å². The molecule has 2 rings (SSSR count). The number of carbonyl (C=O) groups is 1. The van der Waals surface area contributed by atoms with Gasteiger partial charge in [-0.05, 0) is 57.0 Å². The zero-order chi connectivity index (χ0) is 20.0. The summed E-state index contributed by atoms with van der Waals surface area (Å²) < 4.78 is 2.07. The molecule has 0 aliphatic rings. The highest BCUT2D eigenvalue weighted by Gasteiger charge is 2.13. The van der Waals surface area contributed by atoms with Crippen LogP contribution < -0.4 is 5.32 Å². The van der Waals surface area contributed by atoms with Crippen molar-refractivity contribution in [3.63, 3.8) is 0 Å². The number of aryl methyl sites for hydroxylation is 1. The van der Waals surface area contributed by atoms with Gasteiger partial charge in [-0.1, -0.05) is 38.1 Å². The van der Waals surface area contributed by atoms with E-state index in [1.165, 1.54) is 16.8 Å². The summed E-state index contributed by atoms with van der Waals surface area (Å²) in [6.07, 6.45) is 1.23. The molecule has 0 atom stereocenters. The van der Waals surface area contributed by atoms with Crippen molar-refractivity contribution in [2.75, 3.05) is 14.1 Å². The van der Waals surface area contributed by atoms with Gasteiger partial charge in [-0.25, -0.2) is 0 Å². The van der Waals surface area contributed by atoms with Crippen LogP contribution in [-0.2, 0) is 30.8 Å². The van der Waals surface area contributed by atoms with Gasteiger partial charge >= 0.3 is 0 Å². The predicted molar refractivity (Wildman–Crippen MR) is 111 cm³/mol. The lowest BCUT2D eigenvalue weighted by molar-refractivity contribution is -0.121. The van der Waals surface area contributed by atoms with E-state index < -0.39 is 0 Å². The minimum absolute atomic E-state index is 0.0859. The van der Waals surface area contributed by atoms with Crippen molar-refractivity contribution in [3.8, 4) is 0 Å². The first kappa shape index (κ1) is 21.2. The zero-order valence-corrected chi connectivity index (χ0v) is 17.7. The van der Waals surface area contributed by atoms with Gasteiger partial charge in [0.05, 0.1) is 5.69 Å². The average molecular weight is 371 g/mol. The van der Waals surface area contributed by atoms with E-state index in [2.05, 4.69) is 79.1 Å². The van der Waals surface area contributed by atoms with Gasteiger partial charge in [0.15, 0.2) is 0 Å². The van der Waals surface area contributed by atoms with E-state index in [1.807, 2.05) is 6.92 Å². The number of rotatable bonds is 9. The molecule has 0 radical (unpaired) electrons. The lowest BCUT2D eigenvalue weighted by atomic mass is 10.1. The van der Waals surface area contributed by atoms with Gasteiger partial charge < -0.3 is 10.2 Å². The Labute approximate surface area is 163 Å². The van der Waals surface area contributed by atoms with Gasteiger partial charge in [-0.15, -0.1) is 0 Å². The molecule has 0 aliphatic heterocycles. The van der Waals surface area contributed by atoms with Crippen LogP contribution in [0.3, 0.4) is 0 Å². The Bertz CT molecular complexity index is 744. The highest BCUT2D eigenvalue weighted by Crippen LogP contribution is 2.16. The highest BCUT2D eigenvalue weighted by molar-refractivity contribution is 5.76. The second-order valence-corrected chi connectivity index (χ2v) is 8.06. The maximum absolute atomic E-state index is 12.3. The molecule has 0 unspecified atom stereocenters. The summed E-state index contributed by atoms with van der Waals surface area (Å²) >= 11 is 0. The van der Waals surface area contributed by atoms with Crippen LogP contribution in [0.2, 0.25) is 0 Å². The zero-order valence-electron chi connectivity index (χ0n) is 17.7. The summed E-state index contributed by atoms with van der Waals surface area (Å²) in [4.78, 5) is 14.4. The minimum atomic E-state index is 0.0859. The molecule has 5 heteroatoms. The molecule has 0 spiro atoms. The predicted octanol–water partition coefficient (Wildman–Crippen LogP) is 3.47. The van der Waals surface area contributed by atoms with E-state index in [-0.39, 0.29) is 5.91 Å². The smallest absolute Gasteiger partial charge is 0.220 e. The lowest BCUT2D eigenvalue weighted by Gasteiger charge is -2.11. The number of hydrogen-bond donors (Lipinski definition) is 1. The molecular formula is C22H34N4O. The number of hydrogen-bond acceptors (Lipinski definition) is 3. The second-order valence-electron chi connectivity index (χ2n) is 8.06. The van der Waals surface area contributed by atoms with Crippen molar-refractivity contribution >= 4 is 5.91 Å². The van der Waals surface area contributed by atoms with Crippen LogP contribution in [0.5, 0.6) is 0 Å². The Morgan fingerprint density at radius 1 is 1.15 bits per heavy atom. The molecule has 2 aromatic rings. The first-order chi connectivity index (χ1) is 12.8. The Kier molecular flexibility index (Phi) is 7.60. The number of carbonyl (C=O) groups excluding carboxylic acids is 1. The van der Waals surface area contributed by atoms with E-state index in [0.717, 1.165) is 30.8 Å². The summed E-state index contributed by atoms with van der Waals surface area (Å²) in [5, 5.41) is 7.66. The van der Waals surface area contributed by atoms with Crippen molar-refractivity contribution in [2.24, 2.45) is 5.92 Å². The van der Waals surface area contributed by atoms with Crippen molar-refractivity contribution in [3.05, 3.63) is 52.3 Å². The Hall–Kier alpha value is -2.14. The van der Waals surface area contributed by atoms with Crippen LogP contribution in [0.25, 0.3) is 0 Å². The Morgan fingerprint density at radius 2 is 1.78 bits per heavy atom. The van der Waals surface area contributed by atoms with Gasteiger partial charge in [0.2, 0.25) is 5.91 Å². The van der Waals surface area contributed by atoms with E-state index in [9.17, 15) is 4.79 Å². The lowest BCUT2D eigenvalue weighted by Crippen LogP contribution is -2.23. The molecule has 0 aliphatic carbocycles. The first-order valence-corrected chi connectivity index (χ1v) is 9.78. The maximum Gasteiger partial charge on any atom is 0.220 e. The van der Waals surface area contributed by atoms with Gasteiger partial charge in [0.1, 0.15) is 0 Å². The highest BCUT2D eigenvalue weighted by atomic mass is 16.1. The van der Waals surface area contributed by atoms with Gasteiger partial charge in [-0.3, -0.25) is 9.48 Å². The van der Waals surface area contributed by atoms with Crippen LogP contribution in [0, 0.1) is 19.8 Å². The summed E-state index contributed by atoms with van der Waals surface area (Å²) in [6, 6.07) is 8.42. The van der Waals surface area contributed by atoms with Gasteiger partial charge in [0.25, 0.3) is 0 Å². The van der Waals surface area contributed by atoms with Gasteiger partial charge in [0, 0.05) is 31.7 Å². The number of amides is 1. The molecule has 1 N–H and O–H groups in total. The fraction of sp³-hybridized carbons (Fsp3) is 0.545. The van der Waals surface area contributed by atoms with Crippen molar-refractivity contribution in [1.82, 2.24) is 20.0 Å². The van der Waals surface area contributed by atoms with Crippen LogP contribution >= 0.6 is 0 Å². The largest absolute Gasteiger partial charge is 0.352 e. The van der Waals surface area contributed by atoms with E-state index in [1.54, 1.807) is 0 Å². The molecule has 0 saturated carbocycles. The molecule has 1 heterocycles. The maximum atomic E-state index is 12.3. The summed E-state index contributed by atoms with van der Waals surface area (Å²) in [6.45, 7) is 10.9. The molecule has 27 heavy (non-hydrogen) atoms. The summed E-state index contributed by atoms with van der Waals surface area (Å²) in [7, 11) is 4.12. The van der Waals surface area contributed by atoms with Gasteiger partial charge in [-0.2, -0.15) is 5.10 Å². The first-order valence-electron chi connectivity index (χ1n) is 9.78. The number of nitrogens with zero attached hydrogens (tertiary/aromatic N) is 3. The van der Waals surface area contributed by atoms with Crippen molar-refractivity contribution in [1.29, 1.82) is 0 Å². The van der Waals surface area contributed by atoms with Crippen LogP contribution in [0.1, 0.15) is 48.3 Å². The monoisotopic (exact) mass is 370 g/mol. The van der Waals surface area contributed by atoms with Crippen LogP contribution in [-0.4, -0.2) is 34.7 Å². The normalized spacial score (nSPS) is 11.4. The third kappa shape index (κ3) is 6.51. The third-order valence-corrected chi connectivity index (χ3v) is 4.68. The molecule has 0 bridgehead atoms. The molecular weight excluding hydrogens is 336 g/mol. The number of benzene rings is 1. The fourth-order valence-corrected chi connectivity index (χ4v) is 3.27. The number of aromatic nitrogens is 2. The Balaban J connectivity index is 1.83. The quantitative estimate of drug-likeness (QED) is 0.735. The molecule has 0 saturated heterocycles. The molecule has 1 amide bonds. The Morgan fingerprint density at radius 3 is 2.37 bits per heavy atom. The molecule has 148 valence electrons. The van der Waals surface area contributed by atoms with Crippen LogP contribution in [0.4, 0.5) is 0 Å². The molecule has 1 aromatic carbocycles. The molecule has 1 aromatic heterocycles. The summed E-state index contributed by atoms with van der Waals surface area (Å²) in [5.74, 6) is 0.644. The van der Waals surface area contributed by atoms with E-state index >= 15 is 0 Å².